The van der Waals surface area contributed by atoms with Crippen molar-refractivity contribution in [3.8, 4) is 5.75 Å². The molecule has 2 rings (SSSR count). The third kappa shape index (κ3) is 2.06. The van der Waals surface area contributed by atoms with Crippen molar-refractivity contribution in [1.82, 2.24) is 0 Å². The molecular weight excluding hydrogens is 218 g/mol. The average Bonchev–Trinajstić information content (AvgIpc) is 2.33. The molecule has 4 heteroatoms. The topological polar surface area (TPSA) is 83.5 Å². The number of carboxylic acids is 1. The summed E-state index contributed by atoms with van der Waals surface area (Å²) in [6, 6.07) is 10.3. The summed E-state index contributed by atoms with van der Waals surface area (Å²) in [6.45, 7) is 0. The maximum absolute atomic E-state index is 10.7. The SMILES string of the molecule is N/C(=C\c1ccc(O)c2ccccc12)C(=O)O. The number of carboxylic acid groups (broad SMARTS) is 1. The monoisotopic (exact) mass is 229 g/mol. The van der Waals surface area contributed by atoms with E-state index in [1.54, 1.807) is 24.3 Å². The van der Waals surface area contributed by atoms with E-state index in [9.17, 15) is 9.90 Å². The van der Waals surface area contributed by atoms with Gasteiger partial charge in [0.15, 0.2) is 0 Å². The van der Waals surface area contributed by atoms with Gasteiger partial charge in [0.05, 0.1) is 0 Å². The Morgan fingerprint density at radius 1 is 1.12 bits per heavy atom. The van der Waals surface area contributed by atoms with Crippen LogP contribution in [0.25, 0.3) is 16.8 Å². The third-order valence-electron chi connectivity index (χ3n) is 2.49. The summed E-state index contributed by atoms with van der Waals surface area (Å²) in [5.74, 6) is -1.01. The van der Waals surface area contributed by atoms with E-state index >= 15 is 0 Å². The molecular formula is C13H11NO3. The standard InChI is InChI=1S/C13H11NO3/c14-11(13(16)17)7-8-5-6-12(15)10-4-2-1-3-9(8)10/h1-7,15H,14H2,(H,16,17)/b11-7-. The lowest BCUT2D eigenvalue weighted by Crippen LogP contribution is -2.09. The van der Waals surface area contributed by atoms with Crippen molar-refractivity contribution >= 4 is 22.8 Å². The van der Waals surface area contributed by atoms with E-state index in [1.807, 2.05) is 6.07 Å². The molecule has 0 amide bonds. The molecule has 2 aromatic rings. The molecule has 0 radical (unpaired) electrons. The van der Waals surface area contributed by atoms with Crippen molar-refractivity contribution in [3.05, 3.63) is 47.7 Å². The van der Waals surface area contributed by atoms with Crippen LogP contribution < -0.4 is 5.73 Å². The summed E-state index contributed by atoms with van der Waals surface area (Å²) >= 11 is 0. The van der Waals surface area contributed by atoms with Crippen LogP contribution >= 0.6 is 0 Å². The molecule has 0 aliphatic heterocycles. The minimum absolute atomic E-state index is 0.159. The van der Waals surface area contributed by atoms with E-state index in [2.05, 4.69) is 0 Å². The molecule has 4 N–H and O–H groups in total. The van der Waals surface area contributed by atoms with Gasteiger partial charge in [0.25, 0.3) is 0 Å². The minimum atomic E-state index is -1.16. The fourth-order valence-corrected chi connectivity index (χ4v) is 1.66. The van der Waals surface area contributed by atoms with Gasteiger partial charge in [-0.25, -0.2) is 4.79 Å². The summed E-state index contributed by atoms with van der Waals surface area (Å²) in [7, 11) is 0. The summed E-state index contributed by atoms with van der Waals surface area (Å²) in [6.07, 6.45) is 1.38. The average molecular weight is 229 g/mol. The van der Waals surface area contributed by atoms with Crippen LogP contribution in [0, 0.1) is 0 Å². The second-order valence-electron chi connectivity index (χ2n) is 3.62. The number of aromatic hydroxyl groups is 1. The van der Waals surface area contributed by atoms with Crippen molar-refractivity contribution in [1.29, 1.82) is 0 Å². The van der Waals surface area contributed by atoms with Crippen LogP contribution in [-0.2, 0) is 4.79 Å². The molecule has 4 nitrogen and oxygen atoms in total. The quantitative estimate of drug-likeness (QED) is 0.687. The lowest BCUT2D eigenvalue weighted by Gasteiger charge is -2.05. The number of phenolic OH excluding ortho intramolecular Hbond substituents is 1. The van der Waals surface area contributed by atoms with E-state index in [-0.39, 0.29) is 11.4 Å². The van der Waals surface area contributed by atoms with Crippen molar-refractivity contribution in [2.75, 3.05) is 0 Å². The van der Waals surface area contributed by atoms with Crippen LogP contribution in [0.15, 0.2) is 42.1 Å². The highest BCUT2D eigenvalue weighted by atomic mass is 16.4. The van der Waals surface area contributed by atoms with Gasteiger partial charge in [-0.3, -0.25) is 0 Å². The molecule has 0 unspecified atom stereocenters. The molecule has 0 aromatic heterocycles. The number of hydrogen-bond acceptors (Lipinski definition) is 3. The number of fused-ring (bicyclic) bond motifs is 1. The number of hydrogen-bond donors (Lipinski definition) is 3. The number of rotatable bonds is 2. The number of phenols is 1. The molecule has 0 aliphatic carbocycles. The molecule has 0 saturated carbocycles. The second-order valence-corrected chi connectivity index (χ2v) is 3.62. The van der Waals surface area contributed by atoms with Crippen molar-refractivity contribution in [2.24, 2.45) is 5.73 Å². The Morgan fingerprint density at radius 3 is 2.41 bits per heavy atom. The Hall–Kier alpha value is -2.49. The highest BCUT2D eigenvalue weighted by molar-refractivity contribution is 5.98. The van der Waals surface area contributed by atoms with E-state index in [0.717, 1.165) is 5.39 Å². The van der Waals surface area contributed by atoms with E-state index in [4.69, 9.17) is 10.8 Å². The minimum Gasteiger partial charge on any atom is -0.507 e. The van der Waals surface area contributed by atoms with Gasteiger partial charge in [-0.1, -0.05) is 30.3 Å². The van der Waals surface area contributed by atoms with E-state index in [1.165, 1.54) is 12.1 Å². The Bertz CT molecular complexity index is 617. The fraction of sp³-hybridized carbons (Fsp3) is 0. The molecule has 0 heterocycles. The lowest BCUT2D eigenvalue weighted by molar-refractivity contribution is -0.132. The van der Waals surface area contributed by atoms with Gasteiger partial charge in [0, 0.05) is 5.39 Å². The maximum Gasteiger partial charge on any atom is 0.351 e. The summed E-state index contributed by atoms with van der Waals surface area (Å²) < 4.78 is 0. The third-order valence-corrected chi connectivity index (χ3v) is 2.49. The zero-order chi connectivity index (χ0) is 12.4. The number of benzene rings is 2. The Morgan fingerprint density at radius 2 is 1.76 bits per heavy atom. The molecule has 0 atom stereocenters. The largest absolute Gasteiger partial charge is 0.507 e. The number of aliphatic carboxylic acids is 1. The van der Waals surface area contributed by atoms with Crippen LogP contribution in [0.5, 0.6) is 5.75 Å². The molecule has 0 fully saturated rings. The first-order valence-electron chi connectivity index (χ1n) is 5.01. The Balaban J connectivity index is 2.68. The van der Waals surface area contributed by atoms with Crippen LogP contribution in [0.1, 0.15) is 5.56 Å². The lowest BCUT2D eigenvalue weighted by atomic mass is 10.0. The van der Waals surface area contributed by atoms with Gasteiger partial charge in [0.1, 0.15) is 11.4 Å². The number of nitrogens with two attached hydrogens (primary N) is 1. The van der Waals surface area contributed by atoms with Crippen LogP contribution in [0.2, 0.25) is 0 Å². The molecule has 0 bridgehead atoms. The van der Waals surface area contributed by atoms with E-state index in [0.29, 0.717) is 10.9 Å². The maximum atomic E-state index is 10.7. The normalized spacial score (nSPS) is 11.6. The van der Waals surface area contributed by atoms with Gasteiger partial charge < -0.3 is 15.9 Å². The molecule has 0 saturated heterocycles. The first kappa shape index (κ1) is 11.0. The predicted octanol–water partition coefficient (Wildman–Crippen LogP) is 1.93. The Kier molecular flexibility index (Phi) is 2.70. The summed E-state index contributed by atoms with van der Waals surface area (Å²) in [5, 5.41) is 19.8. The first-order chi connectivity index (χ1) is 8.09. The zero-order valence-corrected chi connectivity index (χ0v) is 8.92. The Labute approximate surface area is 97.6 Å². The smallest absolute Gasteiger partial charge is 0.351 e. The fourth-order valence-electron chi connectivity index (χ4n) is 1.66. The van der Waals surface area contributed by atoms with Gasteiger partial charge in [-0.15, -0.1) is 0 Å². The molecule has 17 heavy (non-hydrogen) atoms. The summed E-state index contributed by atoms with van der Waals surface area (Å²) in [5.41, 5.74) is 5.81. The van der Waals surface area contributed by atoms with Gasteiger partial charge in [-0.05, 0) is 23.1 Å². The molecule has 0 spiro atoms. The highest BCUT2D eigenvalue weighted by Crippen LogP contribution is 2.28. The molecule has 86 valence electrons. The van der Waals surface area contributed by atoms with Gasteiger partial charge in [-0.2, -0.15) is 0 Å². The van der Waals surface area contributed by atoms with Crippen LogP contribution in [-0.4, -0.2) is 16.2 Å². The predicted molar refractivity (Wildman–Crippen MR) is 65.4 cm³/mol. The highest BCUT2D eigenvalue weighted by Gasteiger charge is 2.06. The van der Waals surface area contributed by atoms with Crippen LogP contribution in [0.3, 0.4) is 0 Å². The van der Waals surface area contributed by atoms with Crippen molar-refractivity contribution in [2.45, 2.75) is 0 Å². The van der Waals surface area contributed by atoms with Gasteiger partial charge >= 0.3 is 5.97 Å². The second kappa shape index (κ2) is 4.17. The zero-order valence-electron chi connectivity index (χ0n) is 8.92. The van der Waals surface area contributed by atoms with Crippen molar-refractivity contribution in [3.63, 3.8) is 0 Å². The van der Waals surface area contributed by atoms with Gasteiger partial charge in [0.2, 0.25) is 0 Å². The first-order valence-corrected chi connectivity index (χ1v) is 5.01. The van der Waals surface area contributed by atoms with E-state index < -0.39 is 5.97 Å². The molecule has 0 aliphatic rings. The van der Waals surface area contributed by atoms with Crippen molar-refractivity contribution < 1.29 is 15.0 Å². The number of carbonyl (C=O) groups is 1. The summed E-state index contributed by atoms with van der Waals surface area (Å²) in [4.78, 5) is 10.7. The van der Waals surface area contributed by atoms with Crippen LogP contribution in [0.4, 0.5) is 0 Å². The molecule has 2 aromatic carbocycles.